The molecule has 124 valence electrons. The van der Waals surface area contributed by atoms with Crippen LogP contribution in [0.4, 0.5) is 0 Å². The van der Waals surface area contributed by atoms with Crippen molar-refractivity contribution in [2.75, 3.05) is 0 Å². The van der Waals surface area contributed by atoms with Crippen LogP contribution in [0.25, 0.3) is 11.1 Å². The summed E-state index contributed by atoms with van der Waals surface area (Å²) in [6, 6.07) is 17.1. The van der Waals surface area contributed by atoms with Crippen molar-refractivity contribution in [3.05, 3.63) is 53.6 Å². The van der Waals surface area contributed by atoms with Crippen molar-refractivity contribution in [2.24, 2.45) is 0 Å². The zero-order valence-electron chi connectivity index (χ0n) is 14.8. The summed E-state index contributed by atoms with van der Waals surface area (Å²) in [5.41, 5.74) is 2.96. The molecule has 1 fully saturated rings. The normalized spacial score (nSPS) is 17.8. The van der Waals surface area contributed by atoms with Crippen LogP contribution in [0, 0.1) is 22.7 Å². The SMILES string of the molecule is CC1(C)OB(c2cc(C#N)ccc2-c2ccc(C#N)cc2)OC1(C)C. The van der Waals surface area contributed by atoms with Crippen LogP contribution in [0.3, 0.4) is 0 Å². The van der Waals surface area contributed by atoms with Crippen LogP contribution in [0.2, 0.25) is 0 Å². The second kappa shape index (κ2) is 6.04. The highest BCUT2D eigenvalue weighted by Gasteiger charge is 2.52. The van der Waals surface area contributed by atoms with Crippen molar-refractivity contribution >= 4 is 12.6 Å². The summed E-state index contributed by atoms with van der Waals surface area (Å²) in [5.74, 6) is 0. The van der Waals surface area contributed by atoms with Crippen LogP contribution in [0.15, 0.2) is 42.5 Å². The molecule has 1 aliphatic heterocycles. The topological polar surface area (TPSA) is 66.0 Å². The number of benzene rings is 2. The lowest BCUT2D eigenvalue weighted by Crippen LogP contribution is -2.41. The minimum absolute atomic E-state index is 0.456. The zero-order valence-corrected chi connectivity index (χ0v) is 14.8. The third-order valence-corrected chi connectivity index (χ3v) is 5.01. The summed E-state index contributed by atoms with van der Waals surface area (Å²) >= 11 is 0. The summed E-state index contributed by atoms with van der Waals surface area (Å²) in [7, 11) is -0.552. The van der Waals surface area contributed by atoms with Crippen LogP contribution < -0.4 is 5.46 Å². The molecule has 0 N–H and O–H groups in total. The number of nitriles is 2. The van der Waals surface area contributed by atoms with E-state index in [1.807, 2.05) is 52.0 Å². The summed E-state index contributed by atoms with van der Waals surface area (Å²) < 4.78 is 12.3. The molecule has 0 atom stereocenters. The molecule has 1 aliphatic rings. The van der Waals surface area contributed by atoms with E-state index in [0.717, 1.165) is 16.6 Å². The first kappa shape index (κ1) is 17.2. The molecule has 0 saturated carbocycles. The largest absolute Gasteiger partial charge is 0.495 e. The molecule has 5 heteroatoms. The predicted octanol–water partition coefficient (Wildman–Crippen LogP) is 3.40. The van der Waals surface area contributed by atoms with Gasteiger partial charge in [-0.1, -0.05) is 18.2 Å². The average molecular weight is 330 g/mol. The Labute approximate surface area is 148 Å². The van der Waals surface area contributed by atoms with Crippen molar-refractivity contribution in [1.82, 2.24) is 0 Å². The van der Waals surface area contributed by atoms with E-state index in [0.29, 0.717) is 11.1 Å². The minimum Gasteiger partial charge on any atom is -0.399 e. The van der Waals surface area contributed by atoms with Gasteiger partial charge in [0.15, 0.2) is 0 Å². The highest BCUT2D eigenvalue weighted by Crippen LogP contribution is 2.37. The van der Waals surface area contributed by atoms with Gasteiger partial charge in [0.05, 0.1) is 34.5 Å². The highest BCUT2D eigenvalue weighted by atomic mass is 16.7. The van der Waals surface area contributed by atoms with Gasteiger partial charge in [0.2, 0.25) is 0 Å². The van der Waals surface area contributed by atoms with Crippen LogP contribution >= 0.6 is 0 Å². The van der Waals surface area contributed by atoms with Crippen molar-refractivity contribution < 1.29 is 9.31 Å². The molecule has 0 unspecified atom stereocenters. The Morgan fingerprint density at radius 3 is 1.84 bits per heavy atom. The second-order valence-corrected chi connectivity index (χ2v) is 7.19. The summed E-state index contributed by atoms with van der Waals surface area (Å²) in [6.45, 7) is 8.01. The van der Waals surface area contributed by atoms with Crippen molar-refractivity contribution in [3.63, 3.8) is 0 Å². The van der Waals surface area contributed by atoms with Gasteiger partial charge in [-0.25, -0.2) is 0 Å². The Kier molecular flexibility index (Phi) is 4.17. The average Bonchev–Trinajstić information content (AvgIpc) is 2.82. The van der Waals surface area contributed by atoms with Crippen LogP contribution in [0.5, 0.6) is 0 Å². The number of hydrogen-bond donors (Lipinski definition) is 0. The monoisotopic (exact) mass is 330 g/mol. The van der Waals surface area contributed by atoms with E-state index in [-0.39, 0.29) is 0 Å². The molecule has 1 heterocycles. The third kappa shape index (κ3) is 3.05. The number of hydrogen-bond acceptors (Lipinski definition) is 4. The zero-order chi connectivity index (χ0) is 18.2. The first-order valence-electron chi connectivity index (χ1n) is 8.17. The fourth-order valence-electron chi connectivity index (χ4n) is 2.78. The molecule has 0 amide bonds. The molecular formula is C20H19BN2O2. The molecule has 2 aromatic rings. The van der Waals surface area contributed by atoms with Crippen LogP contribution in [-0.4, -0.2) is 18.3 Å². The standard InChI is InChI=1S/C20H19BN2O2/c1-19(2)20(3,4)25-21(24-19)18-11-15(13-23)7-10-17(18)16-8-5-14(12-22)6-9-16/h5-11H,1-4H3. The fourth-order valence-corrected chi connectivity index (χ4v) is 2.78. The first-order chi connectivity index (χ1) is 11.8. The van der Waals surface area contributed by atoms with E-state index >= 15 is 0 Å². The first-order valence-corrected chi connectivity index (χ1v) is 8.17. The molecule has 1 saturated heterocycles. The smallest absolute Gasteiger partial charge is 0.399 e. The van der Waals surface area contributed by atoms with Crippen LogP contribution in [-0.2, 0) is 9.31 Å². The third-order valence-electron chi connectivity index (χ3n) is 5.01. The van der Waals surface area contributed by atoms with Gasteiger partial charge in [0, 0.05) is 0 Å². The molecule has 0 aromatic heterocycles. The van der Waals surface area contributed by atoms with Gasteiger partial charge >= 0.3 is 7.12 Å². The lowest BCUT2D eigenvalue weighted by molar-refractivity contribution is 0.00578. The Bertz CT molecular complexity index is 873. The molecule has 0 aliphatic carbocycles. The summed E-state index contributed by atoms with van der Waals surface area (Å²) in [6.07, 6.45) is 0. The Morgan fingerprint density at radius 2 is 1.32 bits per heavy atom. The van der Waals surface area contributed by atoms with Crippen LogP contribution in [0.1, 0.15) is 38.8 Å². The van der Waals surface area contributed by atoms with E-state index < -0.39 is 18.3 Å². The van der Waals surface area contributed by atoms with E-state index in [2.05, 4.69) is 12.1 Å². The molecule has 0 bridgehead atoms. The quantitative estimate of drug-likeness (QED) is 0.792. The van der Waals surface area contributed by atoms with Gasteiger partial charge in [0.25, 0.3) is 0 Å². The highest BCUT2D eigenvalue weighted by molar-refractivity contribution is 6.64. The summed E-state index contributed by atoms with van der Waals surface area (Å²) in [5, 5.41) is 18.3. The molecule has 0 radical (unpaired) electrons. The van der Waals surface area contributed by atoms with E-state index in [1.165, 1.54) is 0 Å². The molecule has 25 heavy (non-hydrogen) atoms. The van der Waals surface area contributed by atoms with Gasteiger partial charge in [-0.2, -0.15) is 10.5 Å². The number of nitrogens with zero attached hydrogens (tertiary/aromatic N) is 2. The maximum Gasteiger partial charge on any atom is 0.495 e. The summed E-state index contributed by atoms with van der Waals surface area (Å²) in [4.78, 5) is 0. The van der Waals surface area contributed by atoms with Gasteiger partial charge in [-0.15, -0.1) is 0 Å². The molecule has 2 aromatic carbocycles. The maximum absolute atomic E-state index is 9.27. The van der Waals surface area contributed by atoms with E-state index in [4.69, 9.17) is 14.6 Å². The number of rotatable bonds is 2. The lowest BCUT2D eigenvalue weighted by atomic mass is 9.73. The van der Waals surface area contributed by atoms with Gasteiger partial charge in [-0.05, 0) is 68.6 Å². The van der Waals surface area contributed by atoms with E-state index in [9.17, 15) is 5.26 Å². The minimum atomic E-state index is -0.552. The van der Waals surface area contributed by atoms with Crippen molar-refractivity contribution in [2.45, 2.75) is 38.9 Å². The lowest BCUT2D eigenvalue weighted by Gasteiger charge is -2.32. The Morgan fingerprint density at radius 1 is 0.800 bits per heavy atom. The molecular weight excluding hydrogens is 311 g/mol. The second-order valence-electron chi connectivity index (χ2n) is 7.19. The van der Waals surface area contributed by atoms with Gasteiger partial charge < -0.3 is 9.31 Å². The van der Waals surface area contributed by atoms with Gasteiger partial charge in [-0.3, -0.25) is 0 Å². The van der Waals surface area contributed by atoms with Crippen molar-refractivity contribution in [3.8, 4) is 23.3 Å². The Hall–Kier alpha value is -2.60. The molecule has 0 spiro atoms. The molecule has 3 rings (SSSR count). The Balaban J connectivity index is 2.09. The fraction of sp³-hybridized carbons (Fsp3) is 0.300. The van der Waals surface area contributed by atoms with Crippen molar-refractivity contribution in [1.29, 1.82) is 10.5 Å². The molecule has 4 nitrogen and oxygen atoms in total. The maximum atomic E-state index is 9.27. The van der Waals surface area contributed by atoms with E-state index in [1.54, 1.807) is 18.2 Å². The van der Waals surface area contributed by atoms with Gasteiger partial charge in [0.1, 0.15) is 0 Å². The predicted molar refractivity (Wildman–Crippen MR) is 97.0 cm³/mol.